The number of hydrogen-bond donors (Lipinski definition) is 1. The van der Waals surface area contributed by atoms with Crippen molar-refractivity contribution in [2.75, 3.05) is 13.2 Å². The molecule has 1 aliphatic rings. The molecular formula is C14H17N3O3S. The van der Waals surface area contributed by atoms with E-state index in [1.807, 2.05) is 0 Å². The number of amides is 1. The summed E-state index contributed by atoms with van der Waals surface area (Å²) in [6.07, 6.45) is 7.01. The van der Waals surface area contributed by atoms with Gasteiger partial charge in [0.05, 0.1) is 6.61 Å². The second-order valence-electron chi connectivity index (χ2n) is 5.19. The molecule has 7 heteroatoms. The first-order chi connectivity index (χ1) is 10.2. The average Bonchev–Trinajstić information content (AvgIpc) is 3.15. The van der Waals surface area contributed by atoms with Crippen LogP contribution in [0.25, 0.3) is 4.96 Å². The molecule has 0 atom stereocenters. The quantitative estimate of drug-likeness (QED) is 0.919. The van der Waals surface area contributed by atoms with Gasteiger partial charge in [0.2, 0.25) is 0 Å². The normalized spacial score (nSPS) is 15.7. The molecule has 0 aliphatic heterocycles. The predicted molar refractivity (Wildman–Crippen MR) is 79.7 cm³/mol. The Balaban J connectivity index is 1.96. The van der Waals surface area contributed by atoms with Crippen molar-refractivity contribution in [3.8, 4) is 0 Å². The standard InChI is InChI=1S/C14H17N3O3S/c18-7-5-16(10-3-1-2-4-10)12(19)11-9-15-14-17(13(11)20)6-8-21-14/h6,8-10,18H,1-5,7H2. The Morgan fingerprint density at radius 2 is 2.24 bits per heavy atom. The van der Waals surface area contributed by atoms with Gasteiger partial charge in [-0.25, -0.2) is 4.98 Å². The Labute approximate surface area is 125 Å². The van der Waals surface area contributed by atoms with Gasteiger partial charge in [-0.2, -0.15) is 0 Å². The fraction of sp³-hybridized carbons (Fsp3) is 0.500. The maximum absolute atomic E-state index is 12.7. The third-order valence-electron chi connectivity index (χ3n) is 3.94. The number of fused-ring (bicyclic) bond motifs is 1. The van der Waals surface area contributed by atoms with Crippen LogP contribution in [0.1, 0.15) is 36.0 Å². The number of hydrogen-bond acceptors (Lipinski definition) is 5. The molecule has 112 valence electrons. The van der Waals surface area contributed by atoms with Gasteiger partial charge >= 0.3 is 0 Å². The molecule has 1 N–H and O–H groups in total. The zero-order chi connectivity index (χ0) is 14.8. The van der Waals surface area contributed by atoms with Gasteiger partial charge in [-0.15, -0.1) is 11.3 Å². The van der Waals surface area contributed by atoms with Crippen LogP contribution in [0.4, 0.5) is 0 Å². The number of carbonyl (C=O) groups is 1. The minimum absolute atomic E-state index is 0.0752. The maximum Gasteiger partial charge on any atom is 0.271 e. The van der Waals surface area contributed by atoms with Crippen LogP contribution in [0.15, 0.2) is 22.6 Å². The van der Waals surface area contributed by atoms with E-state index in [2.05, 4.69) is 4.98 Å². The van der Waals surface area contributed by atoms with Gasteiger partial charge in [-0.05, 0) is 12.8 Å². The number of rotatable bonds is 4. The molecule has 2 heterocycles. The van der Waals surface area contributed by atoms with E-state index in [1.165, 1.54) is 21.9 Å². The second-order valence-corrected chi connectivity index (χ2v) is 6.07. The van der Waals surface area contributed by atoms with E-state index in [1.54, 1.807) is 16.5 Å². The highest BCUT2D eigenvalue weighted by molar-refractivity contribution is 7.15. The monoisotopic (exact) mass is 307 g/mol. The Hall–Kier alpha value is -1.73. The topological polar surface area (TPSA) is 74.9 Å². The van der Waals surface area contributed by atoms with Crippen LogP contribution in [0.3, 0.4) is 0 Å². The van der Waals surface area contributed by atoms with E-state index in [0.717, 1.165) is 25.7 Å². The van der Waals surface area contributed by atoms with Crippen molar-refractivity contribution in [3.05, 3.63) is 33.7 Å². The fourth-order valence-corrected chi connectivity index (χ4v) is 3.57. The number of aliphatic hydroxyl groups excluding tert-OH is 1. The summed E-state index contributed by atoms with van der Waals surface area (Å²) in [5.41, 5.74) is -0.265. The third-order valence-corrected chi connectivity index (χ3v) is 4.71. The number of nitrogens with zero attached hydrogens (tertiary/aromatic N) is 3. The van der Waals surface area contributed by atoms with E-state index in [0.29, 0.717) is 4.96 Å². The summed E-state index contributed by atoms with van der Waals surface area (Å²) in [7, 11) is 0. The summed E-state index contributed by atoms with van der Waals surface area (Å²) in [5.74, 6) is -0.325. The number of aliphatic hydroxyl groups is 1. The van der Waals surface area contributed by atoms with Crippen LogP contribution in [0, 0.1) is 0 Å². The van der Waals surface area contributed by atoms with Gasteiger partial charge in [0.15, 0.2) is 4.96 Å². The summed E-state index contributed by atoms with van der Waals surface area (Å²) >= 11 is 1.35. The van der Waals surface area contributed by atoms with Crippen LogP contribution < -0.4 is 5.56 Å². The first-order valence-electron chi connectivity index (χ1n) is 7.09. The summed E-state index contributed by atoms with van der Waals surface area (Å²) in [5, 5.41) is 11.0. The molecule has 2 aromatic rings. The highest BCUT2D eigenvalue weighted by Gasteiger charge is 2.28. The summed E-state index contributed by atoms with van der Waals surface area (Å²) < 4.78 is 1.39. The molecular weight excluding hydrogens is 290 g/mol. The molecule has 6 nitrogen and oxygen atoms in total. The Morgan fingerprint density at radius 1 is 1.48 bits per heavy atom. The molecule has 1 fully saturated rings. The van der Waals surface area contributed by atoms with E-state index >= 15 is 0 Å². The Bertz CT molecular complexity index is 703. The first-order valence-corrected chi connectivity index (χ1v) is 7.97. The van der Waals surface area contributed by atoms with Gasteiger partial charge < -0.3 is 10.0 Å². The molecule has 1 amide bonds. The minimum atomic E-state index is -0.341. The van der Waals surface area contributed by atoms with Crippen LogP contribution in [-0.2, 0) is 0 Å². The Kier molecular flexibility index (Phi) is 4.03. The SMILES string of the molecule is O=C(c1cnc2sccn2c1=O)N(CCO)C1CCCC1. The van der Waals surface area contributed by atoms with E-state index in [-0.39, 0.29) is 36.2 Å². The van der Waals surface area contributed by atoms with Crippen LogP contribution in [0.2, 0.25) is 0 Å². The molecule has 0 bridgehead atoms. The maximum atomic E-state index is 12.7. The third kappa shape index (κ3) is 2.58. The fourth-order valence-electron chi connectivity index (χ4n) is 2.90. The van der Waals surface area contributed by atoms with Crippen molar-refractivity contribution < 1.29 is 9.90 Å². The highest BCUT2D eigenvalue weighted by Crippen LogP contribution is 2.24. The molecule has 3 rings (SSSR count). The largest absolute Gasteiger partial charge is 0.395 e. The molecule has 0 saturated heterocycles. The number of carbonyl (C=O) groups excluding carboxylic acids is 1. The summed E-state index contributed by atoms with van der Waals surface area (Å²) in [6.45, 7) is 0.160. The van der Waals surface area contributed by atoms with E-state index < -0.39 is 0 Å². The molecule has 1 saturated carbocycles. The van der Waals surface area contributed by atoms with Gasteiger partial charge in [0.1, 0.15) is 5.56 Å². The lowest BCUT2D eigenvalue weighted by Gasteiger charge is -2.28. The summed E-state index contributed by atoms with van der Waals surface area (Å²) in [6, 6.07) is 0.118. The molecule has 21 heavy (non-hydrogen) atoms. The number of aromatic nitrogens is 2. The molecule has 1 aliphatic carbocycles. The van der Waals surface area contributed by atoms with Gasteiger partial charge in [0, 0.05) is 30.4 Å². The zero-order valence-electron chi connectivity index (χ0n) is 11.6. The van der Waals surface area contributed by atoms with E-state index in [4.69, 9.17) is 0 Å². The van der Waals surface area contributed by atoms with Crippen LogP contribution in [-0.4, -0.2) is 44.5 Å². The van der Waals surface area contributed by atoms with Gasteiger partial charge in [-0.3, -0.25) is 14.0 Å². The summed E-state index contributed by atoms with van der Waals surface area (Å²) in [4.78, 5) is 31.4. The molecule has 0 spiro atoms. The highest BCUT2D eigenvalue weighted by atomic mass is 32.1. The predicted octanol–water partition coefficient (Wildman–Crippen LogP) is 1.13. The van der Waals surface area contributed by atoms with Gasteiger partial charge in [0.25, 0.3) is 11.5 Å². The molecule has 0 radical (unpaired) electrons. The van der Waals surface area contributed by atoms with Gasteiger partial charge in [-0.1, -0.05) is 12.8 Å². The molecule has 0 unspecified atom stereocenters. The van der Waals surface area contributed by atoms with Crippen molar-refractivity contribution in [2.45, 2.75) is 31.7 Å². The Morgan fingerprint density at radius 3 is 2.95 bits per heavy atom. The average molecular weight is 307 g/mol. The smallest absolute Gasteiger partial charge is 0.271 e. The van der Waals surface area contributed by atoms with Crippen molar-refractivity contribution in [1.29, 1.82) is 0 Å². The van der Waals surface area contributed by atoms with Crippen LogP contribution >= 0.6 is 11.3 Å². The lowest BCUT2D eigenvalue weighted by molar-refractivity contribution is 0.0635. The molecule has 2 aromatic heterocycles. The minimum Gasteiger partial charge on any atom is -0.395 e. The van der Waals surface area contributed by atoms with Crippen molar-refractivity contribution >= 4 is 22.2 Å². The lowest BCUT2D eigenvalue weighted by Crippen LogP contribution is -2.43. The lowest BCUT2D eigenvalue weighted by atomic mass is 10.1. The number of thiazole rings is 1. The zero-order valence-corrected chi connectivity index (χ0v) is 12.4. The second kappa shape index (κ2) is 5.95. The molecule has 0 aromatic carbocycles. The van der Waals surface area contributed by atoms with Crippen molar-refractivity contribution in [3.63, 3.8) is 0 Å². The van der Waals surface area contributed by atoms with E-state index in [9.17, 15) is 14.7 Å². The van der Waals surface area contributed by atoms with Crippen molar-refractivity contribution in [2.24, 2.45) is 0 Å². The van der Waals surface area contributed by atoms with Crippen LogP contribution in [0.5, 0.6) is 0 Å². The van der Waals surface area contributed by atoms with Crippen molar-refractivity contribution in [1.82, 2.24) is 14.3 Å². The first kappa shape index (κ1) is 14.2.